The molecule has 3 heteroatoms. The van der Waals surface area contributed by atoms with Gasteiger partial charge >= 0.3 is 0 Å². The van der Waals surface area contributed by atoms with Gasteiger partial charge in [-0.3, -0.25) is 4.90 Å². The molecule has 106 valence electrons. The third-order valence-corrected chi connectivity index (χ3v) is 4.71. The van der Waals surface area contributed by atoms with Crippen molar-refractivity contribution < 1.29 is 4.74 Å². The largest absolute Gasteiger partial charge is 0.376 e. The van der Waals surface area contributed by atoms with Crippen molar-refractivity contribution in [3.8, 4) is 0 Å². The highest BCUT2D eigenvalue weighted by atomic mass is 16.5. The van der Waals surface area contributed by atoms with Crippen molar-refractivity contribution in [1.29, 1.82) is 0 Å². The van der Waals surface area contributed by atoms with Gasteiger partial charge in [0.25, 0.3) is 0 Å². The van der Waals surface area contributed by atoms with E-state index in [1.807, 2.05) is 0 Å². The van der Waals surface area contributed by atoms with Crippen LogP contribution in [-0.4, -0.2) is 49.3 Å². The van der Waals surface area contributed by atoms with Gasteiger partial charge < -0.3 is 10.1 Å². The highest BCUT2D eigenvalue weighted by Crippen LogP contribution is 2.38. The number of likely N-dealkylation sites (N-methyl/N-ethyl adjacent to an activating group) is 1. The van der Waals surface area contributed by atoms with Crippen LogP contribution in [0.3, 0.4) is 0 Å². The Bertz CT molecular complexity index is 267. The van der Waals surface area contributed by atoms with Crippen molar-refractivity contribution in [2.45, 2.75) is 65.1 Å². The molecule has 2 aliphatic rings. The molecule has 1 heterocycles. The molecule has 3 unspecified atom stereocenters. The highest BCUT2D eigenvalue weighted by molar-refractivity contribution is 4.98. The van der Waals surface area contributed by atoms with Gasteiger partial charge in [0.05, 0.1) is 12.7 Å². The quantitative estimate of drug-likeness (QED) is 0.836. The van der Waals surface area contributed by atoms with Crippen LogP contribution < -0.4 is 5.32 Å². The molecule has 2 fully saturated rings. The normalized spacial score (nSPS) is 37.7. The van der Waals surface area contributed by atoms with Crippen molar-refractivity contribution in [3.05, 3.63) is 0 Å². The minimum absolute atomic E-state index is 0.395. The first-order valence-electron chi connectivity index (χ1n) is 7.63. The minimum atomic E-state index is 0.395. The van der Waals surface area contributed by atoms with Gasteiger partial charge in [-0.2, -0.15) is 0 Å². The van der Waals surface area contributed by atoms with Crippen molar-refractivity contribution in [2.24, 2.45) is 5.41 Å². The number of ether oxygens (including phenoxy) is 1. The van der Waals surface area contributed by atoms with Crippen LogP contribution in [0.25, 0.3) is 0 Å². The summed E-state index contributed by atoms with van der Waals surface area (Å²) in [5.74, 6) is 0. The summed E-state index contributed by atoms with van der Waals surface area (Å²) < 4.78 is 5.68. The van der Waals surface area contributed by atoms with Crippen molar-refractivity contribution in [1.82, 2.24) is 10.2 Å². The molecule has 2 rings (SSSR count). The van der Waals surface area contributed by atoms with Crippen LogP contribution >= 0.6 is 0 Å². The fourth-order valence-electron chi connectivity index (χ4n) is 3.78. The van der Waals surface area contributed by atoms with Crippen molar-refractivity contribution >= 4 is 0 Å². The predicted molar refractivity (Wildman–Crippen MR) is 75.9 cm³/mol. The molecule has 3 nitrogen and oxygen atoms in total. The maximum Gasteiger partial charge on any atom is 0.0674 e. The molecule has 1 saturated heterocycles. The first kappa shape index (κ1) is 14.3. The van der Waals surface area contributed by atoms with E-state index in [9.17, 15) is 0 Å². The second-order valence-electron chi connectivity index (χ2n) is 6.66. The first-order valence-corrected chi connectivity index (χ1v) is 7.63. The van der Waals surface area contributed by atoms with E-state index in [0.717, 1.165) is 26.2 Å². The molecule has 0 bridgehead atoms. The van der Waals surface area contributed by atoms with Crippen LogP contribution in [0.2, 0.25) is 0 Å². The Balaban J connectivity index is 2.08. The summed E-state index contributed by atoms with van der Waals surface area (Å²) in [7, 11) is 0. The molecule has 3 atom stereocenters. The number of rotatable bonds is 3. The zero-order valence-electron chi connectivity index (χ0n) is 12.5. The van der Waals surface area contributed by atoms with Crippen LogP contribution in [0, 0.1) is 5.41 Å². The van der Waals surface area contributed by atoms with Gasteiger partial charge in [-0.15, -0.1) is 0 Å². The maximum absolute atomic E-state index is 5.68. The number of nitrogens with one attached hydrogen (secondary N) is 1. The zero-order chi connectivity index (χ0) is 13.2. The lowest BCUT2D eigenvalue weighted by molar-refractivity contribution is -0.0577. The number of hydrogen-bond acceptors (Lipinski definition) is 3. The van der Waals surface area contributed by atoms with Crippen LogP contribution in [0.1, 0.15) is 47.0 Å². The molecule has 0 aromatic heterocycles. The Kier molecular flexibility index (Phi) is 4.68. The molecular formula is C15H30N2O. The fraction of sp³-hybridized carbons (Fsp3) is 1.00. The van der Waals surface area contributed by atoms with E-state index in [2.05, 4.69) is 37.9 Å². The summed E-state index contributed by atoms with van der Waals surface area (Å²) in [5.41, 5.74) is 0.417. The summed E-state index contributed by atoms with van der Waals surface area (Å²) in [5, 5.41) is 3.75. The average molecular weight is 254 g/mol. The summed E-state index contributed by atoms with van der Waals surface area (Å²) in [4.78, 5) is 2.67. The summed E-state index contributed by atoms with van der Waals surface area (Å²) in [6.07, 6.45) is 4.45. The van der Waals surface area contributed by atoms with Crippen molar-refractivity contribution in [3.63, 3.8) is 0 Å². The molecule has 0 spiro atoms. The van der Waals surface area contributed by atoms with Gasteiger partial charge in [-0.1, -0.05) is 27.2 Å². The maximum atomic E-state index is 5.68. The Labute approximate surface area is 112 Å². The SMILES string of the molecule is CCNC1C(N2CCOC(C)C2)CCCC1(C)C. The molecule has 1 aliphatic carbocycles. The molecule has 18 heavy (non-hydrogen) atoms. The Morgan fingerprint density at radius 3 is 2.83 bits per heavy atom. The van der Waals surface area contributed by atoms with Gasteiger partial charge in [-0.05, 0) is 31.7 Å². The lowest BCUT2D eigenvalue weighted by Crippen LogP contribution is -2.61. The van der Waals surface area contributed by atoms with Gasteiger partial charge in [-0.25, -0.2) is 0 Å². The third-order valence-electron chi connectivity index (χ3n) is 4.71. The molecule has 1 N–H and O–H groups in total. The first-order chi connectivity index (χ1) is 8.54. The summed E-state index contributed by atoms with van der Waals surface area (Å²) in [6.45, 7) is 13.5. The average Bonchev–Trinajstić information content (AvgIpc) is 2.31. The third kappa shape index (κ3) is 3.06. The predicted octanol–water partition coefficient (Wildman–Crippen LogP) is 2.26. The van der Waals surface area contributed by atoms with E-state index in [0.29, 0.717) is 23.6 Å². The topological polar surface area (TPSA) is 24.5 Å². The summed E-state index contributed by atoms with van der Waals surface area (Å²) >= 11 is 0. The van der Waals surface area contributed by atoms with Gasteiger partial charge in [0, 0.05) is 25.2 Å². The molecule has 0 aromatic rings. The van der Waals surface area contributed by atoms with E-state index in [1.165, 1.54) is 19.3 Å². The van der Waals surface area contributed by atoms with Crippen LogP contribution in [0.15, 0.2) is 0 Å². The number of morpholine rings is 1. The molecule has 1 saturated carbocycles. The molecule has 1 aliphatic heterocycles. The second kappa shape index (κ2) is 5.89. The lowest BCUT2D eigenvalue weighted by atomic mass is 9.70. The minimum Gasteiger partial charge on any atom is -0.376 e. The molecule has 0 aromatic carbocycles. The molecule has 0 radical (unpaired) electrons. The second-order valence-corrected chi connectivity index (χ2v) is 6.66. The highest BCUT2D eigenvalue weighted by Gasteiger charge is 2.41. The monoisotopic (exact) mass is 254 g/mol. The molecular weight excluding hydrogens is 224 g/mol. The Morgan fingerprint density at radius 1 is 1.39 bits per heavy atom. The van der Waals surface area contributed by atoms with E-state index >= 15 is 0 Å². The number of nitrogens with zero attached hydrogens (tertiary/aromatic N) is 1. The van der Waals surface area contributed by atoms with Gasteiger partial charge in [0.2, 0.25) is 0 Å². The smallest absolute Gasteiger partial charge is 0.0674 e. The van der Waals surface area contributed by atoms with E-state index in [4.69, 9.17) is 4.74 Å². The van der Waals surface area contributed by atoms with Gasteiger partial charge in [0.1, 0.15) is 0 Å². The molecule has 0 amide bonds. The zero-order valence-corrected chi connectivity index (χ0v) is 12.5. The van der Waals surface area contributed by atoms with Crippen LogP contribution in [-0.2, 0) is 4.74 Å². The van der Waals surface area contributed by atoms with E-state index in [-0.39, 0.29) is 0 Å². The van der Waals surface area contributed by atoms with Crippen LogP contribution in [0.5, 0.6) is 0 Å². The number of hydrogen-bond donors (Lipinski definition) is 1. The van der Waals surface area contributed by atoms with Crippen molar-refractivity contribution in [2.75, 3.05) is 26.2 Å². The fourth-order valence-corrected chi connectivity index (χ4v) is 3.78. The van der Waals surface area contributed by atoms with E-state index < -0.39 is 0 Å². The van der Waals surface area contributed by atoms with Gasteiger partial charge in [0.15, 0.2) is 0 Å². The Hall–Kier alpha value is -0.120. The van der Waals surface area contributed by atoms with E-state index in [1.54, 1.807) is 0 Å². The lowest BCUT2D eigenvalue weighted by Gasteiger charge is -2.50. The Morgan fingerprint density at radius 2 is 2.17 bits per heavy atom. The van der Waals surface area contributed by atoms with Crippen LogP contribution in [0.4, 0.5) is 0 Å². The standard InChI is InChI=1S/C15H30N2O/c1-5-16-14-13(7-6-8-15(14,3)4)17-9-10-18-12(2)11-17/h12-14,16H,5-11H2,1-4H3. The summed E-state index contributed by atoms with van der Waals surface area (Å²) in [6, 6.07) is 1.32.